The number of halogens is 3. The summed E-state index contributed by atoms with van der Waals surface area (Å²) in [4.78, 5) is 16.5. The van der Waals surface area contributed by atoms with E-state index in [9.17, 15) is 18.0 Å². The molecule has 1 heterocycles. The lowest BCUT2D eigenvalue weighted by atomic mass is 9.88. The number of alkyl halides is 3. The van der Waals surface area contributed by atoms with Crippen LogP contribution >= 0.6 is 0 Å². The molecule has 0 N–H and O–H groups in total. The Hall–Kier alpha value is -2.34. The molecule has 0 saturated carbocycles. The van der Waals surface area contributed by atoms with Crippen molar-refractivity contribution in [2.75, 3.05) is 33.2 Å². The predicted octanol–water partition coefficient (Wildman–Crippen LogP) is 6.59. The highest BCUT2D eigenvalue weighted by molar-refractivity contribution is 5.76. The second-order valence-corrected chi connectivity index (χ2v) is 8.93. The number of unbranched alkanes of at least 4 members (excludes halogenated alkanes) is 2. The summed E-state index contributed by atoms with van der Waals surface area (Å²) in [6, 6.07) is 5.78. The summed E-state index contributed by atoms with van der Waals surface area (Å²) in [5, 5.41) is 0. The third-order valence-corrected chi connectivity index (χ3v) is 6.18. The molecule has 0 spiro atoms. The number of hydrogen-bond acceptors (Lipinski definition) is 2. The van der Waals surface area contributed by atoms with Crippen molar-refractivity contribution in [1.29, 1.82) is 0 Å². The van der Waals surface area contributed by atoms with Crippen LogP contribution in [0.25, 0.3) is 0 Å². The van der Waals surface area contributed by atoms with Crippen molar-refractivity contribution < 1.29 is 18.0 Å². The zero-order valence-electron chi connectivity index (χ0n) is 19.9. The number of rotatable bonds is 11. The zero-order chi connectivity index (χ0) is 24.3. The van der Waals surface area contributed by atoms with Gasteiger partial charge in [-0.3, -0.25) is 4.79 Å². The van der Waals surface area contributed by atoms with E-state index in [1.54, 1.807) is 11.0 Å². The summed E-state index contributed by atoms with van der Waals surface area (Å²) in [5.74, 6) is 0.360. The van der Waals surface area contributed by atoms with Gasteiger partial charge in [-0.2, -0.15) is 13.2 Å². The Morgan fingerprint density at radius 2 is 1.91 bits per heavy atom. The number of carbonyl (C=O) groups excluding carboxylic acids is 1. The maximum absolute atomic E-state index is 13.0. The summed E-state index contributed by atoms with van der Waals surface area (Å²) < 4.78 is 38.9. The first kappa shape index (κ1) is 26.9. The second kappa shape index (κ2) is 13.4. The maximum atomic E-state index is 13.0. The van der Waals surface area contributed by atoms with Crippen molar-refractivity contribution in [2.45, 2.75) is 57.5 Å². The summed E-state index contributed by atoms with van der Waals surface area (Å²) in [6.07, 6.45) is 8.46. The molecule has 1 aliphatic heterocycles. The van der Waals surface area contributed by atoms with Crippen molar-refractivity contribution in [2.24, 2.45) is 0 Å². The highest BCUT2D eigenvalue weighted by atomic mass is 19.4. The van der Waals surface area contributed by atoms with Crippen molar-refractivity contribution in [1.82, 2.24) is 9.80 Å². The van der Waals surface area contributed by atoms with Gasteiger partial charge in [-0.05, 0) is 69.8 Å². The highest BCUT2D eigenvalue weighted by Gasteiger charge is 2.31. The summed E-state index contributed by atoms with van der Waals surface area (Å²) >= 11 is 0. The Balaban J connectivity index is 1.63. The van der Waals surface area contributed by atoms with Crippen molar-refractivity contribution in [3.05, 3.63) is 71.8 Å². The quantitative estimate of drug-likeness (QED) is 0.273. The second-order valence-electron chi connectivity index (χ2n) is 8.93. The van der Waals surface area contributed by atoms with Gasteiger partial charge in [0.1, 0.15) is 0 Å². The topological polar surface area (TPSA) is 23.6 Å². The SMILES string of the molecule is C=C/C=C\C=C(/C)CN(C)C(=O)CCCCCN1CCC(c2cccc(C(F)(F)F)c2)CC1. The fourth-order valence-electron chi connectivity index (χ4n) is 4.25. The zero-order valence-corrected chi connectivity index (χ0v) is 19.9. The molecular formula is C27H37F3N2O. The maximum Gasteiger partial charge on any atom is 0.416 e. The lowest BCUT2D eigenvalue weighted by Gasteiger charge is -2.32. The lowest BCUT2D eigenvalue weighted by molar-refractivity contribution is -0.137. The summed E-state index contributed by atoms with van der Waals surface area (Å²) in [6.45, 7) is 9.07. The molecule has 3 nitrogen and oxygen atoms in total. The fraction of sp³-hybridized carbons (Fsp3) is 0.519. The minimum absolute atomic E-state index is 0.164. The van der Waals surface area contributed by atoms with Crippen LogP contribution in [0, 0.1) is 0 Å². The van der Waals surface area contributed by atoms with E-state index in [4.69, 9.17) is 0 Å². The van der Waals surface area contributed by atoms with Crippen molar-refractivity contribution in [3.8, 4) is 0 Å². The van der Waals surface area contributed by atoms with Gasteiger partial charge in [0.15, 0.2) is 0 Å². The molecule has 0 unspecified atom stereocenters. The summed E-state index contributed by atoms with van der Waals surface area (Å²) in [5.41, 5.74) is 1.37. The van der Waals surface area contributed by atoms with Crippen LogP contribution in [0.3, 0.4) is 0 Å². The predicted molar refractivity (Wildman–Crippen MR) is 129 cm³/mol. The number of hydrogen-bond donors (Lipinski definition) is 0. The molecule has 1 aromatic rings. The Morgan fingerprint density at radius 3 is 2.58 bits per heavy atom. The van der Waals surface area contributed by atoms with E-state index in [0.717, 1.165) is 68.9 Å². The smallest absolute Gasteiger partial charge is 0.342 e. The fourth-order valence-corrected chi connectivity index (χ4v) is 4.25. The third-order valence-electron chi connectivity index (χ3n) is 6.18. The minimum atomic E-state index is -4.29. The number of allylic oxidation sites excluding steroid dienone is 4. The van der Waals surface area contributed by atoms with E-state index in [0.29, 0.717) is 13.0 Å². The number of likely N-dealkylation sites (tertiary alicyclic amines) is 1. The molecule has 0 atom stereocenters. The number of benzene rings is 1. The number of amides is 1. The van der Waals surface area contributed by atoms with Crippen molar-refractivity contribution in [3.63, 3.8) is 0 Å². The average Bonchev–Trinajstić information content (AvgIpc) is 2.78. The van der Waals surface area contributed by atoms with Gasteiger partial charge in [-0.25, -0.2) is 0 Å². The number of nitrogens with zero attached hydrogens (tertiary/aromatic N) is 2. The van der Waals surface area contributed by atoms with Crippen LogP contribution in [-0.2, 0) is 11.0 Å². The largest absolute Gasteiger partial charge is 0.416 e. The Bertz CT molecular complexity index is 821. The number of likely N-dealkylation sites (N-methyl/N-ethyl adjacent to an activating group) is 1. The van der Waals surface area contributed by atoms with E-state index in [2.05, 4.69) is 11.5 Å². The van der Waals surface area contributed by atoms with Crippen LogP contribution in [-0.4, -0.2) is 48.9 Å². The van der Waals surface area contributed by atoms with Crippen LogP contribution < -0.4 is 0 Å². The van der Waals surface area contributed by atoms with Crippen LogP contribution in [0.2, 0.25) is 0 Å². The molecule has 182 valence electrons. The molecule has 1 aromatic carbocycles. The molecule has 0 aromatic heterocycles. The van der Waals surface area contributed by atoms with E-state index < -0.39 is 11.7 Å². The van der Waals surface area contributed by atoms with Crippen LogP contribution in [0.5, 0.6) is 0 Å². The van der Waals surface area contributed by atoms with Gasteiger partial charge < -0.3 is 9.80 Å². The van der Waals surface area contributed by atoms with Crippen LogP contribution in [0.1, 0.15) is 62.5 Å². The lowest BCUT2D eigenvalue weighted by Crippen LogP contribution is -2.33. The molecule has 1 fully saturated rings. The average molecular weight is 463 g/mol. The van der Waals surface area contributed by atoms with Gasteiger partial charge in [0.2, 0.25) is 5.91 Å². The van der Waals surface area contributed by atoms with Crippen LogP contribution in [0.15, 0.2) is 60.7 Å². The highest BCUT2D eigenvalue weighted by Crippen LogP contribution is 2.34. The Labute approximate surface area is 196 Å². The van der Waals surface area contributed by atoms with E-state index in [1.165, 1.54) is 12.1 Å². The monoisotopic (exact) mass is 462 g/mol. The molecule has 1 amide bonds. The molecule has 1 aliphatic rings. The molecule has 0 bridgehead atoms. The Kier molecular flexibility index (Phi) is 10.9. The molecule has 6 heteroatoms. The van der Waals surface area contributed by atoms with Gasteiger partial charge >= 0.3 is 6.18 Å². The first-order chi connectivity index (χ1) is 15.7. The number of carbonyl (C=O) groups is 1. The van der Waals surface area contributed by atoms with Crippen LogP contribution in [0.4, 0.5) is 13.2 Å². The Morgan fingerprint density at radius 1 is 1.18 bits per heavy atom. The molecule has 1 saturated heterocycles. The third kappa shape index (κ3) is 9.58. The molecule has 0 radical (unpaired) electrons. The van der Waals surface area contributed by atoms with Gasteiger partial charge in [-0.1, -0.05) is 61.1 Å². The van der Waals surface area contributed by atoms with E-state index in [1.807, 2.05) is 38.3 Å². The number of piperidine rings is 1. The van der Waals surface area contributed by atoms with E-state index in [-0.39, 0.29) is 11.8 Å². The van der Waals surface area contributed by atoms with Gasteiger partial charge in [-0.15, -0.1) is 0 Å². The molecule has 2 rings (SSSR count). The first-order valence-electron chi connectivity index (χ1n) is 11.8. The molecular weight excluding hydrogens is 425 g/mol. The normalized spacial score (nSPS) is 16.3. The summed E-state index contributed by atoms with van der Waals surface area (Å²) in [7, 11) is 1.84. The molecule has 0 aliphatic carbocycles. The van der Waals surface area contributed by atoms with Gasteiger partial charge in [0, 0.05) is 20.0 Å². The van der Waals surface area contributed by atoms with E-state index >= 15 is 0 Å². The van der Waals surface area contributed by atoms with Gasteiger partial charge in [0.05, 0.1) is 5.56 Å². The molecule has 33 heavy (non-hydrogen) atoms. The standard InChI is InChI=1S/C27H37F3N2O/c1-4-5-7-11-22(2)21-31(3)26(33)14-8-6-9-17-32-18-15-23(16-19-32)24-12-10-13-25(20-24)27(28,29)30/h4-5,7,10-13,20,23H,1,6,8-9,14-19,21H2,2-3H3/b7-5-,22-11+. The first-order valence-corrected chi connectivity index (χ1v) is 11.8. The van der Waals surface area contributed by atoms with Gasteiger partial charge in [0.25, 0.3) is 0 Å². The minimum Gasteiger partial charge on any atom is -0.342 e. The van der Waals surface area contributed by atoms with Crippen molar-refractivity contribution >= 4 is 5.91 Å².